The summed E-state index contributed by atoms with van der Waals surface area (Å²) in [6.45, 7) is 5.99. The molecule has 0 saturated heterocycles. The fourth-order valence-electron chi connectivity index (χ4n) is 4.83. The smallest absolute Gasteiger partial charge is 0.247 e. The minimum atomic E-state index is 0.155. The van der Waals surface area contributed by atoms with Gasteiger partial charge in [-0.2, -0.15) is 0 Å². The van der Waals surface area contributed by atoms with E-state index in [9.17, 15) is 4.79 Å². The van der Waals surface area contributed by atoms with Crippen LogP contribution in [0.2, 0.25) is 0 Å². The Morgan fingerprint density at radius 3 is 1.78 bits per heavy atom. The number of nitrogens with one attached hydrogen (secondary N) is 1. The molecule has 0 aromatic carbocycles. The zero-order valence-electron chi connectivity index (χ0n) is 11.9. The molecule has 2 heteroatoms. The van der Waals surface area contributed by atoms with E-state index in [0.717, 1.165) is 28.9 Å². The van der Waals surface area contributed by atoms with Gasteiger partial charge in [0.15, 0.2) is 0 Å². The van der Waals surface area contributed by atoms with E-state index in [-0.39, 0.29) is 11.4 Å². The zero-order chi connectivity index (χ0) is 12.9. The van der Waals surface area contributed by atoms with Crippen LogP contribution in [-0.2, 0) is 4.79 Å². The Kier molecular flexibility index (Phi) is 2.80. The Morgan fingerprint density at radius 1 is 0.944 bits per heavy atom. The fraction of sp³-hybridized carbons (Fsp3) is 0.812. The lowest BCUT2D eigenvalue weighted by molar-refractivity contribution is -0.123. The average molecular weight is 247 g/mol. The molecule has 4 bridgehead atoms. The Bertz CT molecular complexity index is 368. The van der Waals surface area contributed by atoms with Crippen LogP contribution < -0.4 is 5.32 Å². The third-order valence-corrected chi connectivity index (χ3v) is 5.51. The zero-order valence-corrected chi connectivity index (χ0v) is 11.9. The molecular formula is C16H25NO. The van der Waals surface area contributed by atoms with Gasteiger partial charge in [0.05, 0.1) is 0 Å². The number of carbonyl (C=O) groups is 1. The monoisotopic (exact) mass is 247 g/mol. The van der Waals surface area contributed by atoms with E-state index in [1.807, 2.05) is 20.8 Å². The van der Waals surface area contributed by atoms with Crippen molar-refractivity contribution in [2.75, 3.05) is 0 Å². The molecule has 4 fully saturated rings. The molecule has 18 heavy (non-hydrogen) atoms. The SMILES string of the molecule is CC(C)=C(C)C(=O)NC12CC3CC(CC(C3)C1)C2. The van der Waals surface area contributed by atoms with Gasteiger partial charge in [-0.05, 0) is 77.0 Å². The van der Waals surface area contributed by atoms with Crippen molar-refractivity contribution in [3.05, 3.63) is 11.1 Å². The summed E-state index contributed by atoms with van der Waals surface area (Å²) in [6, 6.07) is 0. The van der Waals surface area contributed by atoms with Gasteiger partial charge in [-0.3, -0.25) is 4.79 Å². The van der Waals surface area contributed by atoms with Crippen molar-refractivity contribution >= 4 is 5.91 Å². The van der Waals surface area contributed by atoms with Crippen LogP contribution in [0.5, 0.6) is 0 Å². The quantitative estimate of drug-likeness (QED) is 0.744. The van der Waals surface area contributed by atoms with E-state index in [1.54, 1.807) is 0 Å². The van der Waals surface area contributed by atoms with Crippen molar-refractivity contribution in [1.29, 1.82) is 0 Å². The molecule has 0 unspecified atom stereocenters. The van der Waals surface area contributed by atoms with Crippen molar-refractivity contribution in [2.24, 2.45) is 17.8 Å². The average Bonchev–Trinajstić information content (AvgIpc) is 2.24. The van der Waals surface area contributed by atoms with Crippen molar-refractivity contribution in [2.45, 2.75) is 64.8 Å². The Hall–Kier alpha value is -0.790. The van der Waals surface area contributed by atoms with Gasteiger partial charge in [0.2, 0.25) is 5.91 Å². The molecule has 100 valence electrons. The van der Waals surface area contributed by atoms with Crippen molar-refractivity contribution in [1.82, 2.24) is 5.32 Å². The van der Waals surface area contributed by atoms with Gasteiger partial charge >= 0.3 is 0 Å². The van der Waals surface area contributed by atoms with Gasteiger partial charge in [-0.15, -0.1) is 0 Å². The first-order valence-electron chi connectivity index (χ1n) is 7.44. The summed E-state index contributed by atoms with van der Waals surface area (Å²) in [5, 5.41) is 3.41. The highest BCUT2D eigenvalue weighted by atomic mass is 16.1. The summed E-state index contributed by atoms with van der Waals surface area (Å²) in [4.78, 5) is 12.3. The summed E-state index contributed by atoms with van der Waals surface area (Å²) in [7, 11) is 0. The first-order chi connectivity index (χ1) is 8.47. The maximum Gasteiger partial charge on any atom is 0.247 e. The van der Waals surface area contributed by atoms with Crippen LogP contribution in [0, 0.1) is 17.8 Å². The first kappa shape index (κ1) is 12.3. The second kappa shape index (κ2) is 4.11. The molecule has 2 nitrogen and oxygen atoms in total. The van der Waals surface area contributed by atoms with Crippen LogP contribution in [0.15, 0.2) is 11.1 Å². The second-order valence-corrected chi connectivity index (χ2v) is 7.28. The highest BCUT2D eigenvalue weighted by Gasteiger charge is 2.51. The second-order valence-electron chi connectivity index (χ2n) is 7.28. The molecule has 0 heterocycles. The molecule has 0 spiro atoms. The minimum Gasteiger partial charge on any atom is -0.347 e. The van der Waals surface area contributed by atoms with Crippen LogP contribution >= 0.6 is 0 Å². The van der Waals surface area contributed by atoms with E-state index in [1.165, 1.54) is 38.5 Å². The van der Waals surface area contributed by atoms with E-state index in [4.69, 9.17) is 0 Å². The number of hydrogen-bond donors (Lipinski definition) is 1. The van der Waals surface area contributed by atoms with E-state index >= 15 is 0 Å². The normalized spacial score (nSPS) is 40.7. The maximum atomic E-state index is 12.3. The Morgan fingerprint density at radius 2 is 1.39 bits per heavy atom. The first-order valence-corrected chi connectivity index (χ1v) is 7.44. The maximum absolute atomic E-state index is 12.3. The van der Waals surface area contributed by atoms with Crippen LogP contribution in [-0.4, -0.2) is 11.4 Å². The van der Waals surface area contributed by atoms with Crippen LogP contribution in [0.3, 0.4) is 0 Å². The van der Waals surface area contributed by atoms with Crippen molar-refractivity contribution in [3.63, 3.8) is 0 Å². The lowest BCUT2D eigenvalue weighted by Gasteiger charge is -2.57. The standard InChI is InChI=1S/C16H25NO/c1-10(2)11(3)15(18)17-16-7-12-4-13(8-16)6-14(5-12)9-16/h12-14H,4-9H2,1-3H3,(H,17,18). The Balaban J connectivity index is 1.76. The number of rotatable bonds is 2. The summed E-state index contributed by atoms with van der Waals surface area (Å²) in [5.41, 5.74) is 2.20. The molecule has 4 aliphatic rings. The molecule has 0 aromatic rings. The highest BCUT2D eigenvalue weighted by molar-refractivity contribution is 5.94. The number of amides is 1. The molecule has 0 radical (unpaired) electrons. The van der Waals surface area contributed by atoms with Gasteiger partial charge in [0.1, 0.15) is 0 Å². The van der Waals surface area contributed by atoms with Crippen LogP contribution in [0.25, 0.3) is 0 Å². The predicted molar refractivity (Wildman–Crippen MR) is 73.1 cm³/mol. The predicted octanol–water partition coefficient (Wildman–Crippen LogP) is 3.43. The minimum absolute atomic E-state index is 0.155. The largest absolute Gasteiger partial charge is 0.347 e. The van der Waals surface area contributed by atoms with Crippen LogP contribution in [0.1, 0.15) is 59.3 Å². The third-order valence-electron chi connectivity index (χ3n) is 5.51. The lowest BCUT2D eigenvalue weighted by atomic mass is 9.53. The van der Waals surface area contributed by atoms with Gasteiger partial charge in [0.25, 0.3) is 0 Å². The molecule has 4 aliphatic carbocycles. The molecule has 4 rings (SSSR count). The van der Waals surface area contributed by atoms with Gasteiger partial charge in [-0.25, -0.2) is 0 Å². The Labute approximate surface area is 110 Å². The summed E-state index contributed by atoms with van der Waals surface area (Å²) in [6.07, 6.45) is 7.99. The molecule has 0 aliphatic heterocycles. The molecule has 4 saturated carbocycles. The number of allylic oxidation sites excluding steroid dienone is 1. The highest BCUT2D eigenvalue weighted by Crippen LogP contribution is 2.55. The molecule has 0 atom stereocenters. The van der Waals surface area contributed by atoms with Crippen molar-refractivity contribution in [3.8, 4) is 0 Å². The van der Waals surface area contributed by atoms with E-state index in [2.05, 4.69) is 5.32 Å². The fourth-order valence-corrected chi connectivity index (χ4v) is 4.83. The van der Waals surface area contributed by atoms with E-state index in [0.29, 0.717) is 0 Å². The van der Waals surface area contributed by atoms with Crippen molar-refractivity contribution < 1.29 is 4.79 Å². The van der Waals surface area contributed by atoms with E-state index < -0.39 is 0 Å². The van der Waals surface area contributed by atoms with Gasteiger partial charge < -0.3 is 5.32 Å². The third kappa shape index (κ3) is 2.00. The number of carbonyl (C=O) groups excluding carboxylic acids is 1. The molecule has 1 N–H and O–H groups in total. The number of hydrogen-bond acceptors (Lipinski definition) is 1. The summed E-state index contributed by atoms with van der Waals surface area (Å²) < 4.78 is 0. The van der Waals surface area contributed by atoms with Gasteiger partial charge in [0, 0.05) is 11.1 Å². The summed E-state index contributed by atoms with van der Waals surface area (Å²) in [5.74, 6) is 2.85. The topological polar surface area (TPSA) is 29.1 Å². The molecular weight excluding hydrogens is 222 g/mol. The summed E-state index contributed by atoms with van der Waals surface area (Å²) >= 11 is 0. The molecule has 1 amide bonds. The molecule has 0 aromatic heterocycles. The lowest BCUT2D eigenvalue weighted by Crippen LogP contribution is -2.60. The van der Waals surface area contributed by atoms with Crippen LogP contribution in [0.4, 0.5) is 0 Å². The van der Waals surface area contributed by atoms with Gasteiger partial charge in [-0.1, -0.05) is 5.57 Å².